The Hall–Kier alpha value is -3.58. The molecule has 166 valence electrons. The number of fused-ring (bicyclic) bond motifs is 3. The van der Waals surface area contributed by atoms with Gasteiger partial charge in [-0.2, -0.15) is 4.98 Å². The van der Waals surface area contributed by atoms with Gasteiger partial charge in [-0.1, -0.05) is 67.2 Å². The molecule has 2 heterocycles. The maximum Gasteiger partial charge on any atom is 0.247 e. The van der Waals surface area contributed by atoms with E-state index >= 15 is 0 Å². The molecule has 0 fully saturated rings. The Labute approximate surface area is 197 Å². The molecule has 0 aliphatic carbocycles. The van der Waals surface area contributed by atoms with Gasteiger partial charge < -0.3 is 14.8 Å². The van der Waals surface area contributed by atoms with Crippen LogP contribution in [0.15, 0.2) is 84.0 Å². The van der Waals surface area contributed by atoms with Gasteiger partial charge in [0.2, 0.25) is 11.0 Å². The van der Waals surface area contributed by atoms with Crippen molar-refractivity contribution in [1.82, 2.24) is 15.2 Å². The quantitative estimate of drug-likeness (QED) is 0.336. The van der Waals surface area contributed by atoms with Gasteiger partial charge in [0.05, 0.1) is 0 Å². The molecule has 6 nitrogen and oxygen atoms in total. The van der Waals surface area contributed by atoms with Crippen LogP contribution in [0.3, 0.4) is 0 Å². The van der Waals surface area contributed by atoms with Gasteiger partial charge in [0.25, 0.3) is 0 Å². The summed E-state index contributed by atoms with van der Waals surface area (Å²) in [6.07, 6.45) is 0.619. The Bertz CT molecular complexity index is 1220. The minimum absolute atomic E-state index is 0.420. The second-order valence-electron chi connectivity index (χ2n) is 7.63. The van der Waals surface area contributed by atoms with Crippen LogP contribution in [-0.4, -0.2) is 20.9 Å². The second-order valence-corrected chi connectivity index (χ2v) is 8.69. The van der Waals surface area contributed by atoms with E-state index in [1.165, 1.54) is 0 Å². The zero-order valence-electron chi connectivity index (χ0n) is 18.3. The lowest BCUT2D eigenvalue weighted by Gasteiger charge is -2.19. The molecule has 4 aromatic rings. The topological polar surface area (TPSA) is 69.2 Å². The largest absolute Gasteiger partial charge is 0.489 e. The third kappa shape index (κ3) is 4.93. The highest BCUT2D eigenvalue weighted by Gasteiger charge is 2.26. The lowest BCUT2D eigenvalue weighted by atomic mass is 10.1. The van der Waals surface area contributed by atoms with E-state index in [-0.39, 0.29) is 0 Å². The van der Waals surface area contributed by atoms with E-state index in [1.807, 2.05) is 66.7 Å². The van der Waals surface area contributed by atoms with Gasteiger partial charge >= 0.3 is 0 Å². The third-order valence-corrected chi connectivity index (χ3v) is 6.24. The fraction of sp³-hybridized carbons (Fsp3) is 0.192. The first kappa shape index (κ1) is 21.3. The predicted molar refractivity (Wildman–Crippen MR) is 130 cm³/mol. The van der Waals surface area contributed by atoms with Gasteiger partial charge in [-0.15, -0.1) is 10.2 Å². The van der Waals surface area contributed by atoms with Crippen molar-refractivity contribution in [3.8, 4) is 22.9 Å². The molecule has 0 amide bonds. The first-order chi connectivity index (χ1) is 16.3. The summed E-state index contributed by atoms with van der Waals surface area (Å²) in [5, 5.41) is 12.9. The average molecular weight is 457 g/mol. The molecule has 7 heteroatoms. The first-order valence-corrected chi connectivity index (χ1v) is 12.0. The van der Waals surface area contributed by atoms with E-state index in [4.69, 9.17) is 9.47 Å². The molecular formula is C26H24N4O2S. The third-order valence-electron chi connectivity index (χ3n) is 5.20. The number of anilines is 1. The maximum absolute atomic E-state index is 6.34. The van der Waals surface area contributed by atoms with Crippen molar-refractivity contribution in [3.63, 3.8) is 0 Å². The fourth-order valence-electron chi connectivity index (χ4n) is 3.53. The highest BCUT2D eigenvalue weighted by Crippen LogP contribution is 2.39. The number of thioether (sulfide) groups is 1. The van der Waals surface area contributed by atoms with E-state index in [9.17, 15) is 0 Å². The van der Waals surface area contributed by atoms with Crippen LogP contribution in [-0.2, 0) is 6.61 Å². The standard InChI is InChI=1S/C26H24N4O2S/c1-2-16-33-26-28-25-23(29-30-26)21-10-6-7-11-22(21)27-24(32-25)19-12-14-20(15-13-19)31-17-18-8-4-3-5-9-18/h3-15,24,27H,2,16-17H2,1H3/t24-/m0/s1. The summed E-state index contributed by atoms with van der Waals surface area (Å²) >= 11 is 1.58. The normalized spacial score (nSPS) is 14.3. The second kappa shape index (κ2) is 9.92. The molecule has 0 saturated heterocycles. The van der Waals surface area contributed by atoms with Crippen molar-refractivity contribution in [2.24, 2.45) is 0 Å². The van der Waals surface area contributed by atoms with E-state index in [0.29, 0.717) is 23.3 Å². The monoisotopic (exact) mass is 456 g/mol. The molecule has 0 saturated carbocycles. The van der Waals surface area contributed by atoms with Gasteiger partial charge in [0, 0.05) is 22.6 Å². The number of nitrogens with zero attached hydrogens (tertiary/aromatic N) is 3. The number of hydrogen-bond donors (Lipinski definition) is 1. The van der Waals surface area contributed by atoms with Crippen LogP contribution in [0, 0.1) is 0 Å². The van der Waals surface area contributed by atoms with Gasteiger partial charge in [-0.25, -0.2) is 0 Å². The highest BCUT2D eigenvalue weighted by atomic mass is 32.2. The minimum atomic E-state index is -0.420. The molecule has 1 atom stereocenters. The number of para-hydroxylation sites is 1. The fourth-order valence-corrected chi connectivity index (χ4v) is 4.17. The van der Waals surface area contributed by atoms with Crippen LogP contribution in [0.5, 0.6) is 11.6 Å². The molecule has 1 aromatic heterocycles. The molecule has 5 rings (SSSR count). The summed E-state index contributed by atoms with van der Waals surface area (Å²) in [6.45, 7) is 2.66. The molecule has 33 heavy (non-hydrogen) atoms. The van der Waals surface area contributed by atoms with E-state index < -0.39 is 6.23 Å². The van der Waals surface area contributed by atoms with Crippen LogP contribution in [0.1, 0.15) is 30.7 Å². The van der Waals surface area contributed by atoms with Crippen molar-refractivity contribution < 1.29 is 9.47 Å². The number of aromatic nitrogens is 3. The molecule has 1 aliphatic rings. The number of hydrogen-bond acceptors (Lipinski definition) is 7. The molecule has 0 unspecified atom stereocenters. The van der Waals surface area contributed by atoms with Gasteiger partial charge in [-0.05, 0) is 42.3 Å². The molecular weight excluding hydrogens is 432 g/mol. The highest BCUT2D eigenvalue weighted by molar-refractivity contribution is 7.99. The minimum Gasteiger partial charge on any atom is -0.489 e. The average Bonchev–Trinajstić information content (AvgIpc) is 3.03. The zero-order valence-corrected chi connectivity index (χ0v) is 19.1. The Kier molecular flexibility index (Phi) is 6.39. The summed E-state index contributed by atoms with van der Waals surface area (Å²) in [7, 11) is 0. The van der Waals surface area contributed by atoms with E-state index in [1.54, 1.807) is 11.8 Å². The van der Waals surface area contributed by atoms with Gasteiger partial charge in [-0.3, -0.25) is 0 Å². The zero-order chi connectivity index (χ0) is 22.5. The first-order valence-electron chi connectivity index (χ1n) is 11.0. The number of benzene rings is 3. The molecule has 0 bridgehead atoms. The number of rotatable bonds is 7. The van der Waals surface area contributed by atoms with Crippen molar-refractivity contribution in [1.29, 1.82) is 0 Å². The van der Waals surface area contributed by atoms with Crippen LogP contribution < -0.4 is 14.8 Å². The van der Waals surface area contributed by atoms with Crippen LogP contribution in [0.4, 0.5) is 5.69 Å². The molecule has 1 aliphatic heterocycles. The Morgan fingerprint density at radius 1 is 0.939 bits per heavy atom. The maximum atomic E-state index is 6.34. The smallest absolute Gasteiger partial charge is 0.247 e. The van der Waals surface area contributed by atoms with E-state index in [2.05, 4.69) is 39.6 Å². The summed E-state index contributed by atoms with van der Waals surface area (Å²) in [6, 6.07) is 26.0. The van der Waals surface area contributed by atoms with Crippen molar-refractivity contribution in [2.45, 2.75) is 31.3 Å². The van der Waals surface area contributed by atoms with Gasteiger partial charge in [0.1, 0.15) is 12.4 Å². The molecule has 3 aromatic carbocycles. The summed E-state index contributed by atoms with van der Waals surface area (Å²) in [5.41, 5.74) is 4.59. The van der Waals surface area contributed by atoms with Crippen molar-refractivity contribution >= 4 is 17.4 Å². The number of nitrogens with one attached hydrogen (secondary N) is 1. The lowest BCUT2D eigenvalue weighted by molar-refractivity contribution is 0.225. The molecule has 0 spiro atoms. The van der Waals surface area contributed by atoms with E-state index in [0.717, 1.165) is 40.3 Å². The lowest BCUT2D eigenvalue weighted by Crippen LogP contribution is -2.17. The van der Waals surface area contributed by atoms with Gasteiger partial charge in [0.15, 0.2) is 11.9 Å². The summed E-state index contributed by atoms with van der Waals surface area (Å²) in [5.74, 6) is 2.22. The van der Waals surface area contributed by atoms with Crippen LogP contribution >= 0.6 is 11.8 Å². The van der Waals surface area contributed by atoms with Crippen LogP contribution in [0.2, 0.25) is 0 Å². The summed E-state index contributed by atoms with van der Waals surface area (Å²) < 4.78 is 12.3. The van der Waals surface area contributed by atoms with Crippen molar-refractivity contribution in [3.05, 3.63) is 90.0 Å². The molecule has 1 N–H and O–H groups in total. The van der Waals surface area contributed by atoms with Crippen LogP contribution in [0.25, 0.3) is 11.3 Å². The Balaban J connectivity index is 1.39. The molecule has 0 radical (unpaired) electrons. The Morgan fingerprint density at radius 3 is 2.55 bits per heavy atom. The summed E-state index contributed by atoms with van der Waals surface area (Å²) in [4.78, 5) is 4.67. The SMILES string of the molecule is CCCSc1nnc2c(n1)O[C@@H](c1ccc(OCc3ccccc3)cc1)Nc1ccccc1-2. The van der Waals surface area contributed by atoms with Crippen molar-refractivity contribution in [2.75, 3.05) is 11.1 Å². The predicted octanol–water partition coefficient (Wildman–Crippen LogP) is 6.12. The Morgan fingerprint density at radius 2 is 1.73 bits per heavy atom. The number of ether oxygens (including phenoxy) is 2.